The van der Waals surface area contributed by atoms with Crippen LogP contribution in [-0.4, -0.2) is 55.2 Å². The minimum atomic E-state index is -4.13. The van der Waals surface area contributed by atoms with Gasteiger partial charge < -0.3 is 10.6 Å². The van der Waals surface area contributed by atoms with Gasteiger partial charge in [0.05, 0.1) is 12.6 Å². The van der Waals surface area contributed by atoms with E-state index in [0.717, 1.165) is 6.42 Å². The predicted octanol–water partition coefficient (Wildman–Crippen LogP) is 1.52. The first kappa shape index (κ1) is 17.2. The fourth-order valence-corrected chi connectivity index (χ4v) is 2.34. The Balaban J connectivity index is 2.26. The topological polar surface area (TPSA) is 44.4 Å². The number of carbonyl (C=O) groups excluding carboxylic acids is 1. The minimum Gasteiger partial charge on any atom is -0.355 e. The van der Waals surface area contributed by atoms with E-state index in [-0.39, 0.29) is 18.0 Å². The van der Waals surface area contributed by atoms with Crippen molar-refractivity contribution in [2.75, 3.05) is 26.2 Å². The number of carbonyl (C=O) groups is 1. The van der Waals surface area contributed by atoms with Gasteiger partial charge in [0, 0.05) is 12.6 Å². The SMILES string of the molecule is CCCNC(=O)C(C)NC1CCN(CC(F)(F)F)CC1. The van der Waals surface area contributed by atoms with Crippen molar-refractivity contribution in [1.29, 1.82) is 0 Å². The fourth-order valence-electron chi connectivity index (χ4n) is 2.34. The van der Waals surface area contributed by atoms with E-state index in [1.165, 1.54) is 4.90 Å². The molecular formula is C13H24F3N3O. The van der Waals surface area contributed by atoms with Crippen molar-refractivity contribution in [1.82, 2.24) is 15.5 Å². The van der Waals surface area contributed by atoms with Gasteiger partial charge >= 0.3 is 6.18 Å². The molecule has 1 saturated heterocycles. The van der Waals surface area contributed by atoms with Gasteiger partial charge in [0.1, 0.15) is 0 Å². The highest BCUT2D eigenvalue weighted by Gasteiger charge is 2.32. The first-order valence-corrected chi connectivity index (χ1v) is 7.14. The lowest BCUT2D eigenvalue weighted by Gasteiger charge is -2.33. The van der Waals surface area contributed by atoms with Crippen molar-refractivity contribution in [3.63, 3.8) is 0 Å². The Morgan fingerprint density at radius 2 is 1.95 bits per heavy atom. The lowest BCUT2D eigenvalue weighted by Crippen LogP contribution is -2.51. The summed E-state index contributed by atoms with van der Waals surface area (Å²) in [5, 5.41) is 5.99. The summed E-state index contributed by atoms with van der Waals surface area (Å²) < 4.78 is 36.8. The fraction of sp³-hybridized carbons (Fsp3) is 0.923. The second kappa shape index (κ2) is 7.83. The summed E-state index contributed by atoms with van der Waals surface area (Å²) in [6.07, 6.45) is -1.97. The maximum atomic E-state index is 12.3. The molecule has 1 amide bonds. The summed E-state index contributed by atoms with van der Waals surface area (Å²) in [6, 6.07) is -0.192. The highest BCUT2D eigenvalue weighted by Crippen LogP contribution is 2.19. The van der Waals surface area contributed by atoms with E-state index in [1.807, 2.05) is 6.92 Å². The number of rotatable bonds is 6. The van der Waals surface area contributed by atoms with Crippen LogP contribution in [0, 0.1) is 0 Å². The zero-order valence-corrected chi connectivity index (χ0v) is 12.1. The number of halogens is 3. The van der Waals surface area contributed by atoms with Crippen LogP contribution in [0.4, 0.5) is 13.2 Å². The molecule has 0 bridgehead atoms. The molecule has 1 fully saturated rings. The second-order valence-corrected chi connectivity index (χ2v) is 5.34. The Bertz CT molecular complexity index is 302. The molecule has 1 atom stereocenters. The Morgan fingerprint density at radius 1 is 1.35 bits per heavy atom. The van der Waals surface area contributed by atoms with Crippen molar-refractivity contribution < 1.29 is 18.0 Å². The standard InChI is InChI=1S/C13H24F3N3O/c1-3-6-17-12(20)10(2)18-11-4-7-19(8-5-11)9-13(14,15)16/h10-11,18H,3-9H2,1-2H3,(H,17,20). The van der Waals surface area contributed by atoms with E-state index in [4.69, 9.17) is 0 Å². The molecule has 0 aliphatic carbocycles. The number of amides is 1. The van der Waals surface area contributed by atoms with Crippen LogP contribution < -0.4 is 10.6 Å². The third-order valence-corrected chi connectivity index (χ3v) is 3.42. The van der Waals surface area contributed by atoms with Crippen molar-refractivity contribution in [3.8, 4) is 0 Å². The Labute approximate surface area is 118 Å². The van der Waals surface area contributed by atoms with Crippen LogP contribution in [0.2, 0.25) is 0 Å². The van der Waals surface area contributed by atoms with Gasteiger partial charge in [-0.15, -0.1) is 0 Å². The van der Waals surface area contributed by atoms with Crippen LogP contribution in [0.25, 0.3) is 0 Å². The van der Waals surface area contributed by atoms with Crippen LogP contribution in [0.1, 0.15) is 33.1 Å². The van der Waals surface area contributed by atoms with Gasteiger partial charge in [-0.2, -0.15) is 13.2 Å². The van der Waals surface area contributed by atoms with Gasteiger partial charge in [0.25, 0.3) is 0 Å². The molecule has 1 unspecified atom stereocenters. The Hall–Kier alpha value is -0.820. The molecule has 0 saturated carbocycles. The van der Waals surface area contributed by atoms with Crippen molar-refractivity contribution in [2.45, 2.75) is 51.4 Å². The van der Waals surface area contributed by atoms with Crippen LogP contribution in [-0.2, 0) is 4.79 Å². The largest absolute Gasteiger partial charge is 0.401 e. The van der Waals surface area contributed by atoms with E-state index in [1.54, 1.807) is 6.92 Å². The molecule has 0 aromatic rings. The van der Waals surface area contributed by atoms with Gasteiger partial charge in [-0.25, -0.2) is 0 Å². The van der Waals surface area contributed by atoms with Crippen molar-refractivity contribution in [3.05, 3.63) is 0 Å². The molecule has 1 rings (SSSR count). The number of hydrogen-bond donors (Lipinski definition) is 2. The molecule has 0 spiro atoms. The van der Waals surface area contributed by atoms with E-state index in [9.17, 15) is 18.0 Å². The van der Waals surface area contributed by atoms with Crippen LogP contribution in [0.15, 0.2) is 0 Å². The molecule has 0 radical (unpaired) electrons. The van der Waals surface area contributed by atoms with Gasteiger partial charge in [-0.1, -0.05) is 6.92 Å². The summed E-state index contributed by atoms with van der Waals surface area (Å²) in [5.41, 5.74) is 0. The summed E-state index contributed by atoms with van der Waals surface area (Å²) >= 11 is 0. The molecule has 0 aromatic heterocycles. The first-order valence-electron chi connectivity index (χ1n) is 7.14. The average Bonchev–Trinajstić information content (AvgIpc) is 2.36. The molecule has 4 nitrogen and oxygen atoms in total. The van der Waals surface area contributed by atoms with Crippen LogP contribution >= 0.6 is 0 Å². The number of likely N-dealkylation sites (tertiary alicyclic amines) is 1. The number of nitrogens with zero attached hydrogens (tertiary/aromatic N) is 1. The number of hydrogen-bond acceptors (Lipinski definition) is 3. The van der Waals surface area contributed by atoms with Crippen LogP contribution in [0.3, 0.4) is 0 Å². The number of nitrogens with one attached hydrogen (secondary N) is 2. The van der Waals surface area contributed by atoms with Gasteiger partial charge in [0.2, 0.25) is 5.91 Å². The highest BCUT2D eigenvalue weighted by atomic mass is 19.4. The summed E-state index contributed by atoms with van der Waals surface area (Å²) in [6.45, 7) is 4.41. The van der Waals surface area contributed by atoms with Crippen molar-refractivity contribution in [2.24, 2.45) is 0 Å². The molecule has 1 heterocycles. The summed E-state index contributed by atoms with van der Waals surface area (Å²) in [5.74, 6) is -0.0513. The van der Waals surface area contributed by atoms with E-state index in [0.29, 0.717) is 32.5 Å². The smallest absolute Gasteiger partial charge is 0.355 e. The number of alkyl halides is 3. The molecule has 20 heavy (non-hydrogen) atoms. The lowest BCUT2D eigenvalue weighted by atomic mass is 10.0. The molecule has 2 N–H and O–H groups in total. The predicted molar refractivity (Wildman–Crippen MR) is 71.4 cm³/mol. The molecule has 118 valence electrons. The zero-order valence-electron chi connectivity index (χ0n) is 12.1. The Kier molecular flexibility index (Phi) is 6.75. The van der Waals surface area contributed by atoms with Crippen molar-refractivity contribution >= 4 is 5.91 Å². The Morgan fingerprint density at radius 3 is 2.45 bits per heavy atom. The monoisotopic (exact) mass is 295 g/mol. The molecular weight excluding hydrogens is 271 g/mol. The maximum absolute atomic E-state index is 12.3. The van der Waals surface area contributed by atoms with Gasteiger partial charge in [0.15, 0.2) is 0 Å². The normalized spacial score (nSPS) is 19.9. The average molecular weight is 295 g/mol. The van der Waals surface area contributed by atoms with E-state index >= 15 is 0 Å². The zero-order chi connectivity index (χ0) is 15.2. The second-order valence-electron chi connectivity index (χ2n) is 5.34. The van der Waals surface area contributed by atoms with E-state index in [2.05, 4.69) is 10.6 Å². The quantitative estimate of drug-likeness (QED) is 0.781. The maximum Gasteiger partial charge on any atom is 0.401 e. The minimum absolute atomic E-state index is 0.0513. The molecule has 1 aliphatic heterocycles. The molecule has 0 aromatic carbocycles. The lowest BCUT2D eigenvalue weighted by molar-refractivity contribution is -0.148. The highest BCUT2D eigenvalue weighted by molar-refractivity contribution is 5.81. The number of piperidine rings is 1. The van der Waals surface area contributed by atoms with Gasteiger partial charge in [-0.3, -0.25) is 9.69 Å². The molecule has 7 heteroatoms. The summed E-state index contributed by atoms with van der Waals surface area (Å²) in [4.78, 5) is 13.1. The van der Waals surface area contributed by atoms with Crippen LogP contribution in [0.5, 0.6) is 0 Å². The third kappa shape index (κ3) is 6.56. The molecule has 1 aliphatic rings. The van der Waals surface area contributed by atoms with Gasteiger partial charge in [-0.05, 0) is 39.3 Å². The first-order chi connectivity index (χ1) is 9.31. The third-order valence-electron chi connectivity index (χ3n) is 3.42. The van der Waals surface area contributed by atoms with E-state index < -0.39 is 12.7 Å². The summed E-state index contributed by atoms with van der Waals surface area (Å²) in [7, 11) is 0.